The second-order valence-electron chi connectivity index (χ2n) is 3.99. The van der Waals surface area contributed by atoms with E-state index in [1.165, 1.54) is 0 Å². The minimum absolute atomic E-state index is 0.0237. The Morgan fingerprint density at radius 1 is 1.29 bits per heavy atom. The van der Waals surface area contributed by atoms with E-state index in [0.717, 1.165) is 12.0 Å². The molecule has 2 heterocycles. The summed E-state index contributed by atoms with van der Waals surface area (Å²) in [6.45, 7) is 5.86. The van der Waals surface area contributed by atoms with Crippen molar-refractivity contribution in [1.29, 1.82) is 0 Å². The van der Waals surface area contributed by atoms with Gasteiger partial charge in [0.05, 0.1) is 18.1 Å². The van der Waals surface area contributed by atoms with Gasteiger partial charge >= 0.3 is 0 Å². The zero-order valence-corrected chi connectivity index (χ0v) is 10.5. The van der Waals surface area contributed by atoms with Crippen molar-refractivity contribution in [1.82, 2.24) is 19.5 Å². The smallest absolute Gasteiger partial charge is 0.223 e. The van der Waals surface area contributed by atoms with E-state index in [1.54, 1.807) is 6.20 Å². The van der Waals surface area contributed by atoms with Gasteiger partial charge in [0, 0.05) is 6.04 Å². The normalized spacial score (nSPS) is 11.2. The standard InChI is InChI=1S/C11H12ClFN4/c1-6(2)17-7(3)14-5-9(17)10-8(13)4-15-11(12)16-10/h4-6H,1-3H3. The maximum atomic E-state index is 13.7. The quantitative estimate of drug-likeness (QED) is 0.774. The van der Waals surface area contributed by atoms with Crippen LogP contribution < -0.4 is 0 Å². The van der Waals surface area contributed by atoms with Crippen LogP contribution in [0.5, 0.6) is 0 Å². The van der Waals surface area contributed by atoms with Crippen LogP contribution in [0.3, 0.4) is 0 Å². The number of nitrogens with zero attached hydrogens (tertiary/aromatic N) is 4. The van der Waals surface area contributed by atoms with E-state index in [4.69, 9.17) is 11.6 Å². The molecule has 0 atom stereocenters. The number of halogens is 2. The molecule has 0 aliphatic rings. The SMILES string of the molecule is Cc1ncc(-c2nc(Cl)ncc2F)n1C(C)C. The highest BCUT2D eigenvalue weighted by molar-refractivity contribution is 6.28. The number of hydrogen-bond acceptors (Lipinski definition) is 3. The van der Waals surface area contributed by atoms with Gasteiger partial charge in [-0.3, -0.25) is 0 Å². The fourth-order valence-electron chi connectivity index (χ4n) is 1.81. The van der Waals surface area contributed by atoms with Gasteiger partial charge in [0.1, 0.15) is 11.5 Å². The molecule has 0 fully saturated rings. The van der Waals surface area contributed by atoms with Gasteiger partial charge in [-0.1, -0.05) is 0 Å². The second kappa shape index (κ2) is 4.41. The number of rotatable bonds is 2. The molecule has 6 heteroatoms. The summed E-state index contributed by atoms with van der Waals surface area (Å²) in [6.07, 6.45) is 2.66. The van der Waals surface area contributed by atoms with E-state index in [1.807, 2.05) is 25.3 Å². The molecule has 0 aromatic carbocycles. The van der Waals surface area contributed by atoms with Crippen LogP contribution in [-0.2, 0) is 0 Å². The molecule has 0 saturated carbocycles. The van der Waals surface area contributed by atoms with Crippen LogP contribution in [0.15, 0.2) is 12.4 Å². The lowest BCUT2D eigenvalue weighted by atomic mass is 10.2. The summed E-state index contributed by atoms with van der Waals surface area (Å²) in [7, 11) is 0. The zero-order valence-electron chi connectivity index (χ0n) is 9.78. The van der Waals surface area contributed by atoms with Crippen molar-refractivity contribution >= 4 is 11.6 Å². The topological polar surface area (TPSA) is 43.6 Å². The van der Waals surface area contributed by atoms with Crippen LogP contribution >= 0.6 is 11.6 Å². The Morgan fingerprint density at radius 2 is 2.00 bits per heavy atom. The second-order valence-corrected chi connectivity index (χ2v) is 4.33. The lowest BCUT2D eigenvalue weighted by Gasteiger charge is -2.13. The average Bonchev–Trinajstić information content (AvgIpc) is 2.64. The minimum Gasteiger partial charge on any atom is -0.324 e. The third-order valence-electron chi connectivity index (χ3n) is 2.46. The Morgan fingerprint density at radius 3 is 2.65 bits per heavy atom. The molecule has 2 rings (SSSR count). The predicted octanol–water partition coefficient (Wildman–Crippen LogP) is 3.02. The van der Waals surface area contributed by atoms with Gasteiger partial charge < -0.3 is 4.57 Å². The third kappa shape index (κ3) is 2.15. The number of aromatic nitrogens is 4. The number of imidazole rings is 1. The largest absolute Gasteiger partial charge is 0.324 e. The van der Waals surface area contributed by atoms with Crippen molar-refractivity contribution in [3.05, 3.63) is 29.3 Å². The average molecular weight is 255 g/mol. The molecule has 0 spiro atoms. The molecule has 0 saturated heterocycles. The molecular formula is C11H12ClFN4. The predicted molar refractivity (Wildman–Crippen MR) is 63.3 cm³/mol. The van der Waals surface area contributed by atoms with Crippen molar-refractivity contribution < 1.29 is 4.39 Å². The Balaban J connectivity index is 2.64. The van der Waals surface area contributed by atoms with E-state index in [2.05, 4.69) is 15.0 Å². The van der Waals surface area contributed by atoms with Crippen LogP contribution in [0, 0.1) is 12.7 Å². The molecule has 90 valence electrons. The highest BCUT2D eigenvalue weighted by atomic mass is 35.5. The van der Waals surface area contributed by atoms with E-state index >= 15 is 0 Å². The van der Waals surface area contributed by atoms with E-state index in [9.17, 15) is 4.39 Å². The van der Waals surface area contributed by atoms with Crippen molar-refractivity contribution in [3.63, 3.8) is 0 Å². The molecule has 0 bridgehead atoms. The number of aryl methyl sites for hydroxylation is 1. The summed E-state index contributed by atoms with van der Waals surface area (Å²) in [5.74, 6) is 0.306. The van der Waals surface area contributed by atoms with Gasteiger partial charge in [0.15, 0.2) is 5.82 Å². The molecule has 0 N–H and O–H groups in total. The first-order valence-electron chi connectivity index (χ1n) is 5.23. The molecule has 2 aromatic rings. The summed E-state index contributed by atoms with van der Waals surface area (Å²) in [6, 6.07) is 0.167. The highest BCUT2D eigenvalue weighted by Gasteiger charge is 2.17. The summed E-state index contributed by atoms with van der Waals surface area (Å²) in [4.78, 5) is 11.7. The van der Waals surface area contributed by atoms with Crippen LogP contribution in [0.25, 0.3) is 11.4 Å². The minimum atomic E-state index is -0.504. The monoisotopic (exact) mass is 254 g/mol. The van der Waals surface area contributed by atoms with Gasteiger partial charge in [0.2, 0.25) is 5.28 Å². The van der Waals surface area contributed by atoms with Crippen LogP contribution in [0.1, 0.15) is 25.7 Å². The highest BCUT2D eigenvalue weighted by Crippen LogP contribution is 2.25. The third-order valence-corrected chi connectivity index (χ3v) is 2.64. The zero-order chi connectivity index (χ0) is 12.6. The van der Waals surface area contributed by atoms with Crippen molar-refractivity contribution in [2.24, 2.45) is 0 Å². The van der Waals surface area contributed by atoms with Gasteiger partial charge in [-0.15, -0.1) is 0 Å². The summed E-state index contributed by atoms with van der Waals surface area (Å²) < 4.78 is 15.6. The molecule has 0 aliphatic heterocycles. The van der Waals surface area contributed by atoms with Gasteiger partial charge in [-0.25, -0.2) is 19.3 Å². The van der Waals surface area contributed by atoms with Crippen molar-refractivity contribution in [2.75, 3.05) is 0 Å². The van der Waals surface area contributed by atoms with Gasteiger partial charge in [0.25, 0.3) is 0 Å². The van der Waals surface area contributed by atoms with Crippen LogP contribution in [-0.4, -0.2) is 19.5 Å². The fourth-order valence-corrected chi connectivity index (χ4v) is 1.94. The Kier molecular flexibility index (Phi) is 3.11. The maximum Gasteiger partial charge on any atom is 0.223 e. The molecular weight excluding hydrogens is 243 g/mol. The summed E-state index contributed by atoms with van der Waals surface area (Å²) in [5.41, 5.74) is 0.790. The lowest BCUT2D eigenvalue weighted by Crippen LogP contribution is -2.07. The van der Waals surface area contributed by atoms with Crippen molar-refractivity contribution in [2.45, 2.75) is 26.8 Å². The number of hydrogen-bond donors (Lipinski definition) is 0. The molecule has 4 nitrogen and oxygen atoms in total. The molecule has 0 aliphatic carbocycles. The summed E-state index contributed by atoms with van der Waals surface area (Å²) in [5, 5.41) is 0.0237. The first kappa shape index (κ1) is 12.0. The molecule has 0 amide bonds. The molecule has 2 aromatic heterocycles. The maximum absolute atomic E-state index is 13.7. The van der Waals surface area contributed by atoms with Gasteiger partial charge in [-0.05, 0) is 32.4 Å². The Bertz CT molecular complexity index is 550. The van der Waals surface area contributed by atoms with E-state index in [-0.39, 0.29) is 17.0 Å². The van der Waals surface area contributed by atoms with Crippen LogP contribution in [0.2, 0.25) is 5.28 Å². The van der Waals surface area contributed by atoms with Gasteiger partial charge in [-0.2, -0.15) is 0 Å². The Hall–Kier alpha value is -1.49. The van der Waals surface area contributed by atoms with E-state index < -0.39 is 5.82 Å². The first-order chi connectivity index (χ1) is 8.00. The fraction of sp³-hybridized carbons (Fsp3) is 0.364. The lowest BCUT2D eigenvalue weighted by molar-refractivity contribution is 0.578. The summed E-state index contributed by atoms with van der Waals surface area (Å²) >= 11 is 5.69. The Labute approximate surface area is 103 Å². The van der Waals surface area contributed by atoms with Crippen molar-refractivity contribution in [3.8, 4) is 11.4 Å². The van der Waals surface area contributed by atoms with Crippen LogP contribution in [0.4, 0.5) is 4.39 Å². The molecule has 17 heavy (non-hydrogen) atoms. The first-order valence-corrected chi connectivity index (χ1v) is 5.60. The molecule has 0 unspecified atom stereocenters. The molecule has 0 radical (unpaired) electrons. The van der Waals surface area contributed by atoms with E-state index in [0.29, 0.717) is 5.69 Å².